The molecule has 410 valence electrons. The summed E-state index contributed by atoms with van der Waals surface area (Å²) in [6.07, 6.45) is 46.8. The van der Waals surface area contributed by atoms with Gasteiger partial charge in [-0.25, -0.2) is 4.18 Å². The van der Waals surface area contributed by atoms with Gasteiger partial charge in [0.15, 0.2) is 6.29 Å². The first-order valence-electron chi connectivity index (χ1n) is 28.9. The van der Waals surface area contributed by atoms with Crippen molar-refractivity contribution in [3.8, 4) is 0 Å². The molecule has 69 heavy (non-hydrogen) atoms. The van der Waals surface area contributed by atoms with Crippen molar-refractivity contribution in [3.05, 3.63) is 12.2 Å². The molecule has 12 nitrogen and oxygen atoms in total. The number of esters is 1. The molecule has 1 saturated heterocycles. The van der Waals surface area contributed by atoms with Crippen molar-refractivity contribution in [2.24, 2.45) is 0 Å². The van der Waals surface area contributed by atoms with E-state index in [4.69, 9.17) is 18.9 Å². The molecule has 1 fully saturated rings. The van der Waals surface area contributed by atoms with Gasteiger partial charge in [-0.3, -0.25) is 9.35 Å². The number of unbranched alkanes of at least 4 members (excludes halogenated alkanes) is 37. The topological polar surface area (TPSA) is 178 Å². The Bertz CT molecular complexity index is 1250. The summed E-state index contributed by atoms with van der Waals surface area (Å²) in [4.78, 5) is 13.0. The number of ether oxygens (including phenoxy) is 4. The molecule has 0 aromatic carbocycles. The lowest BCUT2D eigenvalue weighted by Gasteiger charge is -2.41. The Morgan fingerprint density at radius 2 is 0.913 bits per heavy atom. The highest BCUT2D eigenvalue weighted by Gasteiger charge is 2.48. The molecule has 0 spiro atoms. The molecule has 4 N–H and O–H groups in total. The average molecular weight is 1010 g/mol. The van der Waals surface area contributed by atoms with Crippen LogP contribution in [0.15, 0.2) is 12.2 Å². The van der Waals surface area contributed by atoms with Crippen molar-refractivity contribution in [3.63, 3.8) is 0 Å². The van der Waals surface area contributed by atoms with E-state index in [1.54, 1.807) is 0 Å². The molecule has 0 bridgehead atoms. The highest BCUT2D eigenvalue weighted by molar-refractivity contribution is 7.80. The zero-order chi connectivity index (χ0) is 50.3. The molecular weight excluding hydrogens is 897 g/mol. The van der Waals surface area contributed by atoms with Gasteiger partial charge in [-0.2, -0.15) is 8.42 Å². The predicted octanol–water partition coefficient (Wildman–Crippen LogP) is 14.1. The summed E-state index contributed by atoms with van der Waals surface area (Å²) in [6.45, 7) is 4.06. The Morgan fingerprint density at radius 3 is 1.30 bits per heavy atom. The van der Waals surface area contributed by atoms with E-state index in [1.807, 2.05) is 0 Å². The molecule has 0 aliphatic carbocycles. The first-order chi connectivity index (χ1) is 33.6. The number of aliphatic hydroxyl groups excluding tert-OH is 3. The third-order valence-corrected chi connectivity index (χ3v) is 14.1. The Balaban J connectivity index is 2.28. The van der Waals surface area contributed by atoms with Crippen LogP contribution in [0.4, 0.5) is 0 Å². The van der Waals surface area contributed by atoms with Gasteiger partial charge in [0.2, 0.25) is 0 Å². The summed E-state index contributed by atoms with van der Waals surface area (Å²) in [5, 5.41) is 30.8. The van der Waals surface area contributed by atoms with E-state index in [-0.39, 0.29) is 19.6 Å². The van der Waals surface area contributed by atoms with Gasteiger partial charge in [-0.1, -0.05) is 244 Å². The lowest BCUT2D eigenvalue weighted by Crippen LogP contribution is -2.60. The predicted molar refractivity (Wildman–Crippen MR) is 281 cm³/mol. The fourth-order valence-electron chi connectivity index (χ4n) is 9.26. The summed E-state index contributed by atoms with van der Waals surface area (Å²) in [5.41, 5.74) is 0. The second kappa shape index (κ2) is 47.8. The van der Waals surface area contributed by atoms with Crippen LogP contribution in [0.25, 0.3) is 0 Å². The van der Waals surface area contributed by atoms with E-state index in [0.29, 0.717) is 13.0 Å². The normalized spacial score (nSPS) is 19.2. The molecule has 1 aliphatic heterocycles. The number of carbonyl (C=O) groups excluding carboxylic acids is 1. The van der Waals surface area contributed by atoms with E-state index in [2.05, 4.69) is 30.2 Å². The van der Waals surface area contributed by atoms with Gasteiger partial charge in [-0.15, -0.1) is 0 Å². The highest BCUT2D eigenvalue weighted by Crippen LogP contribution is 2.26. The minimum Gasteiger partial charge on any atom is -0.457 e. The largest absolute Gasteiger partial charge is 0.457 e. The Morgan fingerprint density at radius 1 is 0.536 bits per heavy atom. The van der Waals surface area contributed by atoms with Crippen LogP contribution >= 0.6 is 0 Å². The maximum absolute atomic E-state index is 13.0. The van der Waals surface area contributed by atoms with Crippen molar-refractivity contribution in [2.45, 2.75) is 314 Å². The number of hydrogen-bond donors (Lipinski definition) is 4. The van der Waals surface area contributed by atoms with Gasteiger partial charge < -0.3 is 34.3 Å². The maximum Gasteiger partial charge on any atom is 0.397 e. The van der Waals surface area contributed by atoms with Gasteiger partial charge in [0.1, 0.15) is 30.5 Å². The minimum absolute atomic E-state index is 0.0415. The molecule has 0 radical (unpaired) electrons. The number of carbonyl (C=O) groups is 1. The SMILES string of the molecule is CCCCCCCC/C=C\CCCCCCCCCCCCOCC(COC1OC(CO)C(O)C(OS(=O)(=O)O)C1O)OC(=O)CCCCCCCCCCCCCCCCCCCCCCCC. The molecule has 0 aromatic heterocycles. The van der Waals surface area contributed by atoms with E-state index in [1.165, 1.54) is 212 Å². The van der Waals surface area contributed by atoms with Crippen molar-refractivity contribution in [1.82, 2.24) is 0 Å². The van der Waals surface area contributed by atoms with Crippen molar-refractivity contribution < 1.29 is 56.2 Å². The Hall–Kier alpha value is -1.16. The van der Waals surface area contributed by atoms with E-state index in [0.717, 1.165) is 38.5 Å². The highest BCUT2D eigenvalue weighted by atomic mass is 32.3. The average Bonchev–Trinajstić information content (AvgIpc) is 3.32. The second-order valence-corrected chi connectivity index (χ2v) is 21.3. The molecule has 13 heteroatoms. The summed E-state index contributed by atoms with van der Waals surface area (Å²) in [6, 6.07) is 0. The van der Waals surface area contributed by atoms with Gasteiger partial charge in [-0.05, 0) is 38.5 Å². The Kier molecular flexibility index (Phi) is 45.6. The van der Waals surface area contributed by atoms with E-state index >= 15 is 0 Å². The Labute approximate surface area is 423 Å². The molecule has 1 rings (SSSR count). The van der Waals surface area contributed by atoms with Crippen LogP contribution in [-0.4, -0.2) is 97.5 Å². The first-order valence-corrected chi connectivity index (χ1v) is 30.3. The lowest BCUT2D eigenvalue weighted by molar-refractivity contribution is -0.301. The molecule has 6 unspecified atom stereocenters. The summed E-state index contributed by atoms with van der Waals surface area (Å²) >= 11 is 0. The standard InChI is InChI=1S/C56H108O12S/c1-3-5-7-9-11-13-15-17-19-21-23-25-26-27-29-31-33-35-37-39-41-43-45-52(58)66-50(49-65-56-54(60)55(68-69(61,62)63)53(59)51(47-57)67-56)48-64-46-44-42-40-38-36-34-32-30-28-24-22-20-18-16-14-12-10-8-6-4-2/h18,20,50-51,53-57,59-60H,3-17,19,21-49H2,1-2H3,(H,61,62,63)/b20-18-. The van der Waals surface area contributed by atoms with Crippen molar-refractivity contribution in [1.29, 1.82) is 0 Å². The van der Waals surface area contributed by atoms with Crippen LogP contribution in [0.5, 0.6) is 0 Å². The second-order valence-electron chi connectivity index (χ2n) is 20.2. The molecule has 6 atom stereocenters. The third kappa shape index (κ3) is 40.9. The van der Waals surface area contributed by atoms with Gasteiger partial charge in [0.05, 0.1) is 19.8 Å². The first kappa shape index (κ1) is 65.9. The van der Waals surface area contributed by atoms with Crippen LogP contribution < -0.4 is 0 Å². The van der Waals surface area contributed by atoms with Gasteiger partial charge >= 0.3 is 16.4 Å². The third-order valence-electron chi connectivity index (χ3n) is 13.6. The summed E-state index contributed by atoms with van der Waals surface area (Å²) in [5.74, 6) is -0.391. The minimum atomic E-state index is -5.06. The summed E-state index contributed by atoms with van der Waals surface area (Å²) in [7, 11) is -5.06. The number of hydrogen-bond acceptors (Lipinski definition) is 11. The fourth-order valence-corrected chi connectivity index (χ4v) is 9.77. The number of allylic oxidation sites excluding steroid dienone is 2. The number of aliphatic hydroxyl groups is 3. The van der Waals surface area contributed by atoms with Crippen LogP contribution in [-0.2, 0) is 38.3 Å². The monoisotopic (exact) mass is 1000 g/mol. The molecular formula is C56H108O12S. The smallest absolute Gasteiger partial charge is 0.397 e. The zero-order valence-corrected chi connectivity index (χ0v) is 45.2. The summed E-state index contributed by atoms with van der Waals surface area (Å²) < 4.78 is 59.4. The van der Waals surface area contributed by atoms with Crippen LogP contribution in [0.1, 0.15) is 277 Å². The fraction of sp³-hybridized carbons (Fsp3) is 0.946. The zero-order valence-electron chi connectivity index (χ0n) is 44.4. The van der Waals surface area contributed by atoms with Gasteiger partial charge in [0, 0.05) is 13.0 Å². The molecule has 0 amide bonds. The van der Waals surface area contributed by atoms with Crippen molar-refractivity contribution in [2.75, 3.05) is 26.4 Å². The van der Waals surface area contributed by atoms with Crippen LogP contribution in [0.3, 0.4) is 0 Å². The maximum atomic E-state index is 13.0. The van der Waals surface area contributed by atoms with Gasteiger partial charge in [0.25, 0.3) is 0 Å². The van der Waals surface area contributed by atoms with E-state index in [9.17, 15) is 33.1 Å². The molecule has 0 saturated carbocycles. The molecule has 0 aromatic rings. The van der Waals surface area contributed by atoms with Crippen molar-refractivity contribution >= 4 is 16.4 Å². The quantitative estimate of drug-likeness (QED) is 0.0196. The van der Waals surface area contributed by atoms with Crippen LogP contribution in [0, 0.1) is 0 Å². The van der Waals surface area contributed by atoms with E-state index < -0.39 is 59.8 Å². The number of rotatable bonds is 52. The lowest BCUT2D eigenvalue weighted by atomic mass is 9.99. The molecule has 1 heterocycles. The van der Waals surface area contributed by atoms with Crippen LogP contribution in [0.2, 0.25) is 0 Å². The molecule has 1 aliphatic rings.